The highest BCUT2D eigenvalue weighted by atomic mass is 79.9. The molecule has 0 heterocycles. The summed E-state index contributed by atoms with van der Waals surface area (Å²) in [5, 5.41) is 0. The fourth-order valence-electron chi connectivity index (χ4n) is 1.55. The summed E-state index contributed by atoms with van der Waals surface area (Å²) in [7, 11) is 0. The zero-order valence-corrected chi connectivity index (χ0v) is 10.0. The summed E-state index contributed by atoms with van der Waals surface area (Å²) >= 11 is 3.34. The fourth-order valence-corrected chi connectivity index (χ4v) is 2.13. The molecule has 1 unspecified atom stereocenters. The van der Waals surface area contributed by atoms with E-state index >= 15 is 0 Å². The van der Waals surface area contributed by atoms with Crippen LogP contribution in [0.3, 0.4) is 0 Å². The maximum absolute atomic E-state index is 14.2. The van der Waals surface area contributed by atoms with Crippen LogP contribution in [0.15, 0.2) is 21.7 Å². The molecular weight excluding hydrogens is 231 g/mol. The largest absolute Gasteiger partial charge is 0.238 e. The summed E-state index contributed by atoms with van der Waals surface area (Å²) in [5.41, 5.74) is 1.32. The highest BCUT2D eigenvalue weighted by Crippen LogP contribution is 2.39. The summed E-state index contributed by atoms with van der Waals surface area (Å²) in [6.45, 7) is 6.00. The smallest absolute Gasteiger partial charge is 0.145 e. The number of hydrogen-bond acceptors (Lipinski definition) is 0. The van der Waals surface area contributed by atoms with E-state index in [0.29, 0.717) is 12.8 Å². The average molecular weight is 247 g/mol. The van der Waals surface area contributed by atoms with E-state index in [2.05, 4.69) is 22.9 Å². The van der Waals surface area contributed by atoms with Crippen molar-refractivity contribution >= 4 is 15.9 Å². The summed E-state index contributed by atoms with van der Waals surface area (Å²) in [4.78, 5) is 0. The molecule has 0 fully saturated rings. The lowest BCUT2D eigenvalue weighted by Gasteiger charge is -2.23. The first-order chi connectivity index (χ1) is 5.99. The number of alkyl halides is 1. The van der Waals surface area contributed by atoms with Crippen LogP contribution in [0.2, 0.25) is 0 Å². The number of hydrogen-bond donors (Lipinski definition) is 0. The molecule has 0 bridgehead atoms. The molecule has 0 radical (unpaired) electrons. The van der Waals surface area contributed by atoms with E-state index in [1.165, 1.54) is 11.1 Å². The zero-order valence-electron chi connectivity index (χ0n) is 8.45. The summed E-state index contributed by atoms with van der Waals surface area (Å²) in [5.74, 6) is 0. The van der Waals surface area contributed by atoms with Gasteiger partial charge in [-0.1, -0.05) is 40.1 Å². The van der Waals surface area contributed by atoms with Gasteiger partial charge in [0.05, 0.1) is 0 Å². The van der Waals surface area contributed by atoms with Gasteiger partial charge in [-0.3, -0.25) is 0 Å². The Labute approximate surface area is 88.0 Å². The molecule has 0 N–H and O–H groups in total. The Bertz CT molecular complexity index is 265. The van der Waals surface area contributed by atoms with Crippen molar-refractivity contribution in [3.8, 4) is 0 Å². The van der Waals surface area contributed by atoms with Crippen LogP contribution in [0, 0.1) is 0 Å². The Balaban J connectivity index is 3.00. The first-order valence-corrected chi connectivity index (χ1v) is 5.49. The van der Waals surface area contributed by atoms with Crippen molar-refractivity contribution in [2.75, 3.05) is 0 Å². The first-order valence-electron chi connectivity index (χ1n) is 4.70. The van der Waals surface area contributed by atoms with E-state index in [1.54, 1.807) is 0 Å². The number of rotatable bonds is 1. The molecule has 0 aromatic carbocycles. The van der Waals surface area contributed by atoms with Crippen LogP contribution >= 0.6 is 15.9 Å². The van der Waals surface area contributed by atoms with E-state index in [1.807, 2.05) is 19.9 Å². The van der Waals surface area contributed by atoms with Crippen LogP contribution < -0.4 is 0 Å². The van der Waals surface area contributed by atoms with Gasteiger partial charge < -0.3 is 0 Å². The van der Waals surface area contributed by atoms with Gasteiger partial charge in [0.1, 0.15) is 5.67 Å². The Hall–Kier alpha value is -0.110. The monoisotopic (exact) mass is 246 g/mol. The van der Waals surface area contributed by atoms with Gasteiger partial charge >= 0.3 is 0 Å². The Kier molecular flexibility index (Phi) is 3.33. The topological polar surface area (TPSA) is 0 Å². The maximum Gasteiger partial charge on any atom is 0.145 e. The van der Waals surface area contributed by atoms with Gasteiger partial charge in [0.2, 0.25) is 0 Å². The van der Waals surface area contributed by atoms with E-state index in [0.717, 1.165) is 10.9 Å². The van der Waals surface area contributed by atoms with Gasteiger partial charge in [0, 0.05) is 10.9 Å². The molecule has 1 atom stereocenters. The van der Waals surface area contributed by atoms with Crippen molar-refractivity contribution in [2.45, 2.75) is 45.7 Å². The highest BCUT2D eigenvalue weighted by molar-refractivity contribution is 9.11. The highest BCUT2D eigenvalue weighted by Gasteiger charge is 2.32. The molecule has 0 nitrogen and oxygen atoms in total. The van der Waals surface area contributed by atoms with Crippen molar-refractivity contribution in [1.82, 2.24) is 0 Å². The van der Waals surface area contributed by atoms with Gasteiger partial charge in [0.15, 0.2) is 0 Å². The second-order valence-electron chi connectivity index (χ2n) is 3.81. The van der Waals surface area contributed by atoms with Crippen LogP contribution in [0.5, 0.6) is 0 Å². The predicted molar refractivity (Wildman–Crippen MR) is 58.7 cm³/mol. The Morgan fingerprint density at radius 1 is 1.46 bits per heavy atom. The molecule has 74 valence electrons. The van der Waals surface area contributed by atoms with Crippen molar-refractivity contribution in [3.05, 3.63) is 21.7 Å². The number of halogens is 2. The molecule has 0 aromatic heterocycles. The Morgan fingerprint density at radius 3 is 2.62 bits per heavy atom. The van der Waals surface area contributed by atoms with E-state index in [4.69, 9.17) is 0 Å². The minimum Gasteiger partial charge on any atom is -0.238 e. The summed E-state index contributed by atoms with van der Waals surface area (Å²) < 4.78 is 15.0. The standard InChI is InChI=1S/C11H16BrF/c1-4-11(13)7-9(3)8(2)5-6-10(11)12/h6H,4-5,7H2,1-3H3. The second-order valence-corrected chi connectivity index (χ2v) is 4.67. The van der Waals surface area contributed by atoms with Crippen LogP contribution in [-0.4, -0.2) is 5.67 Å². The molecule has 2 heteroatoms. The predicted octanol–water partition coefficient (Wildman–Crippen LogP) is 4.51. The van der Waals surface area contributed by atoms with Gasteiger partial charge in [-0.25, -0.2) is 4.39 Å². The molecule has 13 heavy (non-hydrogen) atoms. The van der Waals surface area contributed by atoms with Gasteiger partial charge in [0.25, 0.3) is 0 Å². The lowest BCUT2D eigenvalue weighted by Crippen LogP contribution is -2.21. The third-order valence-corrected chi connectivity index (χ3v) is 3.88. The molecule has 0 aromatic rings. The number of allylic oxidation sites excluding steroid dienone is 4. The molecule has 1 rings (SSSR count). The van der Waals surface area contributed by atoms with Crippen LogP contribution in [0.4, 0.5) is 4.39 Å². The molecule has 0 amide bonds. The molecule has 0 saturated carbocycles. The molecule has 1 aliphatic rings. The molecule has 0 aliphatic heterocycles. The Morgan fingerprint density at radius 2 is 2.08 bits per heavy atom. The maximum atomic E-state index is 14.2. The normalized spacial score (nSPS) is 30.1. The van der Waals surface area contributed by atoms with Crippen molar-refractivity contribution in [3.63, 3.8) is 0 Å². The SMILES string of the molecule is CCC1(F)CC(C)=C(C)CC=C1Br. The summed E-state index contributed by atoms with van der Waals surface area (Å²) in [6.07, 6.45) is 3.90. The summed E-state index contributed by atoms with van der Waals surface area (Å²) in [6, 6.07) is 0. The molecule has 0 saturated heterocycles. The minimum atomic E-state index is -1.16. The van der Waals surface area contributed by atoms with Gasteiger partial charge in [-0.15, -0.1) is 0 Å². The second kappa shape index (κ2) is 3.95. The minimum absolute atomic E-state index is 0.534. The van der Waals surface area contributed by atoms with Crippen LogP contribution in [-0.2, 0) is 0 Å². The van der Waals surface area contributed by atoms with Crippen molar-refractivity contribution < 1.29 is 4.39 Å². The molecular formula is C11H16BrF. The van der Waals surface area contributed by atoms with E-state index < -0.39 is 5.67 Å². The molecule has 0 spiro atoms. The lowest BCUT2D eigenvalue weighted by atomic mass is 9.94. The lowest BCUT2D eigenvalue weighted by molar-refractivity contribution is 0.217. The van der Waals surface area contributed by atoms with Crippen molar-refractivity contribution in [1.29, 1.82) is 0 Å². The quantitative estimate of drug-likeness (QED) is 0.598. The average Bonchev–Trinajstić information content (AvgIpc) is 2.20. The molecule has 1 aliphatic carbocycles. The van der Waals surface area contributed by atoms with Crippen LogP contribution in [0.1, 0.15) is 40.0 Å². The van der Waals surface area contributed by atoms with Gasteiger partial charge in [-0.2, -0.15) is 0 Å². The van der Waals surface area contributed by atoms with E-state index in [9.17, 15) is 4.39 Å². The van der Waals surface area contributed by atoms with E-state index in [-0.39, 0.29) is 0 Å². The van der Waals surface area contributed by atoms with Crippen LogP contribution in [0.25, 0.3) is 0 Å². The third-order valence-electron chi connectivity index (χ3n) is 2.85. The first kappa shape index (κ1) is 11.0. The van der Waals surface area contributed by atoms with Gasteiger partial charge in [-0.05, 0) is 26.7 Å². The third kappa shape index (κ3) is 2.22. The van der Waals surface area contributed by atoms with Crippen molar-refractivity contribution in [2.24, 2.45) is 0 Å². The fraction of sp³-hybridized carbons (Fsp3) is 0.636. The zero-order chi connectivity index (χ0) is 10.1.